The first-order chi connectivity index (χ1) is 10.1. The summed E-state index contributed by atoms with van der Waals surface area (Å²) in [5.41, 5.74) is 0. The second-order valence-corrected chi connectivity index (χ2v) is 4.94. The van der Waals surface area contributed by atoms with Crippen LogP contribution in [0.4, 0.5) is 5.82 Å². The first-order valence-corrected chi connectivity index (χ1v) is 6.60. The summed E-state index contributed by atoms with van der Waals surface area (Å²) >= 11 is 0. The van der Waals surface area contributed by atoms with Gasteiger partial charge in [0.05, 0.1) is 17.4 Å². The molecule has 7 nitrogen and oxygen atoms in total. The number of hydrogen-bond donors (Lipinski definition) is 0. The Balaban J connectivity index is 1.63. The van der Waals surface area contributed by atoms with E-state index in [2.05, 4.69) is 5.10 Å². The summed E-state index contributed by atoms with van der Waals surface area (Å²) < 4.78 is 6.97. The van der Waals surface area contributed by atoms with Gasteiger partial charge in [0.25, 0.3) is 0 Å². The summed E-state index contributed by atoms with van der Waals surface area (Å²) in [6.07, 6.45) is 6.66. The Bertz CT molecular complexity index is 709. The van der Waals surface area contributed by atoms with Gasteiger partial charge in [0, 0.05) is 5.92 Å². The maximum absolute atomic E-state index is 11.5. The zero-order chi connectivity index (χ0) is 14.8. The van der Waals surface area contributed by atoms with Gasteiger partial charge in [-0.15, -0.1) is 0 Å². The summed E-state index contributed by atoms with van der Waals surface area (Å²) in [5, 5.41) is 14.4. The van der Waals surface area contributed by atoms with E-state index in [1.165, 1.54) is 16.9 Å². The van der Waals surface area contributed by atoms with Crippen LogP contribution < -0.4 is 0 Å². The van der Waals surface area contributed by atoms with E-state index in [1.807, 2.05) is 0 Å². The van der Waals surface area contributed by atoms with Gasteiger partial charge in [-0.05, 0) is 42.0 Å². The molecule has 0 aromatic carbocycles. The number of carbonyl (C=O) groups is 1. The molecule has 2 heterocycles. The number of rotatable bonds is 6. The van der Waals surface area contributed by atoms with Crippen LogP contribution in [0.2, 0.25) is 0 Å². The lowest BCUT2D eigenvalue weighted by Crippen LogP contribution is -2.00. The molecule has 2 aromatic rings. The average molecular weight is 287 g/mol. The molecule has 108 valence electrons. The van der Waals surface area contributed by atoms with E-state index in [4.69, 9.17) is 4.42 Å². The molecule has 0 bridgehead atoms. The van der Waals surface area contributed by atoms with Crippen molar-refractivity contribution < 1.29 is 14.1 Å². The molecule has 1 aliphatic rings. The Morgan fingerprint density at radius 1 is 1.48 bits per heavy atom. The lowest BCUT2D eigenvalue weighted by Gasteiger charge is -1.92. The highest BCUT2D eigenvalue weighted by atomic mass is 16.6. The van der Waals surface area contributed by atoms with Gasteiger partial charge in [-0.3, -0.25) is 4.79 Å². The third kappa shape index (κ3) is 3.25. The van der Waals surface area contributed by atoms with Gasteiger partial charge in [0.1, 0.15) is 18.1 Å². The molecule has 1 saturated carbocycles. The molecule has 0 radical (unpaired) electrons. The highest BCUT2D eigenvalue weighted by Gasteiger charge is 2.27. The highest BCUT2D eigenvalue weighted by Crippen LogP contribution is 2.30. The van der Waals surface area contributed by atoms with E-state index >= 15 is 0 Å². The molecule has 0 spiro atoms. The van der Waals surface area contributed by atoms with E-state index in [0.29, 0.717) is 18.1 Å². The molecule has 1 fully saturated rings. The van der Waals surface area contributed by atoms with Crippen LogP contribution in [0.5, 0.6) is 0 Å². The lowest BCUT2D eigenvalue weighted by molar-refractivity contribution is -0.389. The van der Waals surface area contributed by atoms with E-state index in [9.17, 15) is 14.9 Å². The fourth-order valence-corrected chi connectivity index (χ4v) is 1.93. The smallest absolute Gasteiger partial charge is 0.389 e. The number of nitrogens with zero attached hydrogens (tertiary/aromatic N) is 3. The Kier molecular flexibility index (Phi) is 3.39. The molecule has 7 heteroatoms. The SMILES string of the molecule is O=C(/C=C/c1ccc(Cn2ccc([N+](=O)[O-])n2)o1)C1CC1. The summed E-state index contributed by atoms with van der Waals surface area (Å²) in [5.74, 6) is 1.33. The molecule has 0 N–H and O–H groups in total. The molecule has 2 aromatic heterocycles. The summed E-state index contributed by atoms with van der Waals surface area (Å²) in [4.78, 5) is 21.5. The molecule has 0 atom stereocenters. The standard InChI is InChI=1S/C14H13N3O4/c18-13(10-1-2-10)6-5-11-3-4-12(21-11)9-16-8-7-14(15-16)17(19)20/h3-8,10H,1-2,9H2/b6-5+. The first-order valence-electron chi connectivity index (χ1n) is 6.60. The first kappa shape index (κ1) is 13.3. The Hall–Kier alpha value is -2.70. The maximum Gasteiger partial charge on any atom is 0.389 e. The molecule has 0 aliphatic heterocycles. The third-order valence-corrected chi connectivity index (χ3v) is 3.21. The van der Waals surface area contributed by atoms with Crippen molar-refractivity contribution in [1.29, 1.82) is 0 Å². The number of aromatic nitrogens is 2. The van der Waals surface area contributed by atoms with E-state index < -0.39 is 4.92 Å². The van der Waals surface area contributed by atoms with E-state index in [1.54, 1.807) is 24.3 Å². The van der Waals surface area contributed by atoms with Crippen molar-refractivity contribution in [3.63, 3.8) is 0 Å². The fraction of sp³-hybridized carbons (Fsp3) is 0.286. The van der Waals surface area contributed by atoms with E-state index in [-0.39, 0.29) is 17.5 Å². The fourth-order valence-electron chi connectivity index (χ4n) is 1.93. The number of ketones is 1. The summed E-state index contributed by atoms with van der Waals surface area (Å²) in [6, 6.07) is 4.84. The minimum atomic E-state index is -0.545. The van der Waals surface area contributed by atoms with Crippen molar-refractivity contribution in [2.24, 2.45) is 5.92 Å². The minimum absolute atomic E-state index is 0.135. The molecular formula is C14H13N3O4. The van der Waals surface area contributed by atoms with Gasteiger partial charge in [-0.25, -0.2) is 0 Å². The van der Waals surface area contributed by atoms with Crippen LogP contribution in [0.25, 0.3) is 6.08 Å². The van der Waals surface area contributed by atoms with Gasteiger partial charge < -0.3 is 14.5 Å². The lowest BCUT2D eigenvalue weighted by atomic mass is 10.2. The number of allylic oxidation sites excluding steroid dienone is 1. The number of carbonyl (C=O) groups excluding carboxylic acids is 1. The summed E-state index contributed by atoms with van der Waals surface area (Å²) in [7, 11) is 0. The Morgan fingerprint density at radius 2 is 2.29 bits per heavy atom. The predicted octanol–water partition coefficient (Wildman–Crippen LogP) is 2.42. The second-order valence-electron chi connectivity index (χ2n) is 4.94. The molecule has 0 amide bonds. The second kappa shape index (κ2) is 5.35. The van der Waals surface area contributed by atoms with Crippen molar-refractivity contribution in [2.45, 2.75) is 19.4 Å². The predicted molar refractivity (Wildman–Crippen MR) is 73.5 cm³/mol. The van der Waals surface area contributed by atoms with Crippen molar-refractivity contribution in [3.8, 4) is 0 Å². The van der Waals surface area contributed by atoms with Gasteiger partial charge in [0.15, 0.2) is 5.78 Å². The van der Waals surface area contributed by atoms with Crippen molar-refractivity contribution in [3.05, 3.63) is 52.1 Å². The average Bonchev–Trinajstić information content (AvgIpc) is 3.04. The van der Waals surface area contributed by atoms with Crippen LogP contribution in [0.15, 0.2) is 34.9 Å². The van der Waals surface area contributed by atoms with Gasteiger partial charge in [0.2, 0.25) is 0 Å². The third-order valence-electron chi connectivity index (χ3n) is 3.21. The Labute approximate surface area is 120 Å². The van der Waals surface area contributed by atoms with E-state index in [0.717, 1.165) is 12.8 Å². The van der Waals surface area contributed by atoms with Crippen LogP contribution >= 0.6 is 0 Å². The van der Waals surface area contributed by atoms with Crippen molar-refractivity contribution in [2.75, 3.05) is 0 Å². The van der Waals surface area contributed by atoms with Crippen molar-refractivity contribution in [1.82, 2.24) is 9.78 Å². The number of nitro groups is 1. The molecule has 21 heavy (non-hydrogen) atoms. The van der Waals surface area contributed by atoms with Crippen molar-refractivity contribution >= 4 is 17.7 Å². The molecule has 0 saturated heterocycles. The molecular weight excluding hydrogens is 274 g/mol. The maximum atomic E-state index is 11.5. The summed E-state index contributed by atoms with van der Waals surface area (Å²) in [6.45, 7) is 0.304. The minimum Gasteiger partial charge on any atom is -0.460 e. The topological polar surface area (TPSA) is 91.2 Å². The molecule has 3 rings (SSSR count). The monoisotopic (exact) mass is 287 g/mol. The quantitative estimate of drug-likeness (QED) is 0.462. The zero-order valence-electron chi connectivity index (χ0n) is 11.1. The van der Waals surface area contributed by atoms with Gasteiger partial charge in [-0.1, -0.05) is 0 Å². The van der Waals surface area contributed by atoms with Gasteiger partial charge >= 0.3 is 5.82 Å². The number of hydrogen-bond acceptors (Lipinski definition) is 5. The highest BCUT2D eigenvalue weighted by molar-refractivity contribution is 5.96. The van der Waals surface area contributed by atoms with Gasteiger partial charge in [-0.2, -0.15) is 4.68 Å². The molecule has 1 aliphatic carbocycles. The largest absolute Gasteiger partial charge is 0.460 e. The molecule has 0 unspecified atom stereocenters. The van der Waals surface area contributed by atoms with Crippen LogP contribution in [0.3, 0.4) is 0 Å². The zero-order valence-corrected chi connectivity index (χ0v) is 11.1. The van der Waals surface area contributed by atoms with Crippen LogP contribution in [-0.2, 0) is 11.3 Å². The van der Waals surface area contributed by atoms with Crippen LogP contribution in [-0.4, -0.2) is 20.5 Å². The Morgan fingerprint density at radius 3 is 2.95 bits per heavy atom. The normalized spacial score (nSPS) is 14.7. The number of furan rings is 1. The van der Waals surface area contributed by atoms with Crippen LogP contribution in [0, 0.1) is 16.0 Å². The van der Waals surface area contributed by atoms with Crippen LogP contribution in [0.1, 0.15) is 24.4 Å².